The van der Waals surface area contributed by atoms with Crippen LogP contribution < -0.4 is 5.32 Å². The second kappa shape index (κ2) is 6.89. The number of rotatable bonds is 4. The summed E-state index contributed by atoms with van der Waals surface area (Å²) in [5.41, 5.74) is 2.40. The van der Waals surface area contributed by atoms with Crippen molar-refractivity contribution in [2.75, 3.05) is 0 Å². The highest BCUT2D eigenvalue weighted by Gasteiger charge is 2.19. The lowest BCUT2D eigenvalue weighted by Crippen LogP contribution is -2.34. The molecule has 0 radical (unpaired) electrons. The summed E-state index contributed by atoms with van der Waals surface area (Å²) in [6, 6.07) is 9.02. The highest BCUT2D eigenvalue weighted by molar-refractivity contribution is 9.10. The lowest BCUT2D eigenvalue weighted by atomic mass is 9.84. The van der Waals surface area contributed by atoms with Gasteiger partial charge < -0.3 is 5.32 Å². The van der Waals surface area contributed by atoms with Gasteiger partial charge in [0.2, 0.25) is 0 Å². The first-order valence-corrected chi connectivity index (χ1v) is 8.80. The average molecular weight is 347 g/mol. The van der Waals surface area contributed by atoms with E-state index in [1.165, 1.54) is 43.1 Å². The summed E-state index contributed by atoms with van der Waals surface area (Å²) in [4.78, 5) is 4.56. The van der Waals surface area contributed by atoms with Crippen LogP contribution in [-0.2, 0) is 6.54 Å². The number of benzene rings is 1. The molecule has 1 saturated carbocycles. The van der Waals surface area contributed by atoms with Gasteiger partial charge in [0.25, 0.3) is 0 Å². The van der Waals surface area contributed by atoms with Crippen LogP contribution in [0, 0.1) is 5.92 Å². The molecule has 1 fully saturated rings. The van der Waals surface area contributed by atoms with Gasteiger partial charge in [0, 0.05) is 28.6 Å². The second-order valence-electron chi connectivity index (χ2n) is 6.17. The van der Waals surface area contributed by atoms with E-state index >= 15 is 0 Å². The Kier molecular flexibility index (Phi) is 4.91. The van der Waals surface area contributed by atoms with Crippen molar-refractivity contribution in [2.24, 2.45) is 5.92 Å². The molecule has 1 N–H and O–H groups in total. The van der Waals surface area contributed by atoms with Crippen LogP contribution in [0.15, 0.2) is 34.9 Å². The van der Waals surface area contributed by atoms with Crippen molar-refractivity contribution in [3.63, 3.8) is 0 Å². The molecule has 0 saturated heterocycles. The monoisotopic (exact) mass is 346 g/mol. The quantitative estimate of drug-likeness (QED) is 0.837. The number of hydrogen-bond donors (Lipinski definition) is 1. The molecule has 0 aliphatic heterocycles. The largest absolute Gasteiger partial charge is 0.310 e. The number of nitrogens with one attached hydrogen (secondary N) is 1. The van der Waals surface area contributed by atoms with Crippen molar-refractivity contribution >= 4 is 26.8 Å². The van der Waals surface area contributed by atoms with E-state index < -0.39 is 0 Å². The van der Waals surface area contributed by atoms with Gasteiger partial charge in [-0.1, -0.05) is 47.3 Å². The highest BCUT2D eigenvalue weighted by Crippen LogP contribution is 2.28. The van der Waals surface area contributed by atoms with Gasteiger partial charge in [-0.15, -0.1) is 0 Å². The van der Waals surface area contributed by atoms with Crippen molar-refractivity contribution in [2.45, 2.75) is 51.6 Å². The molecule has 1 aromatic heterocycles. The Morgan fingerprint density at radius 2 is 2.05 bits per heavy atom. The van der Waals surface area contributed by atoms with Crippen LogP contribution in [-0.4, -0.2) is 11.0 Å². The SMILES string of the molecule is C[C@H](NCc1ccc(Br)c2cccnc12)C1CCCCC1. The van der Waals surface area contributed by atoms with E-state index in [-0.39, 0.29) is 0 Å². The van der Waals surface area contributed by atoms with Gasteiger partial charge in [0.05, 0.1) is 5.52 Å². The molecule has 0 amide bonds. The topological polar surface area (TPSA) is 24.9 Å². The number of hydrogen-bond acceptors (Lipinski definition) is 2. The zero-order chi connectivity index (χ0) is 14.7. The highest BCUT2D eigenvalue weighted by atomic mass is 79.9. The van der Waals surface area contributed by atoms with Gasteiger partial charge in [-0.3, -0.25) is 4.98 Å². The molecular formula is C18H23BrN2. The third-order valence-corrected chi connectivity index (χ3v) is 5.46. The van der Waals surface area contributed by atoms with E-state index in [0.717, 1.165) is 22.5 Å². The summed E-state index contributed by atoms with van der Waals surface area (Å²) in [7, 11) is 0. The van der Waals surface area contributed by atoms with Gasteiger partial charge in [-0.2, -0.15) is 0 Å². The van der Waals surface area contributed by atoms with Crippen LogP contribution in [0.2, 0.25) is 0 Å². The maximum Gasteiger partial charge on any atom is 0.0758 e. The fraction of sp³-hybridized carbons (Fsp3) is 0.500. The number of aromatic nitrogens is 1. The first-order valence-electron chi connectivity index (χ1n) is 8.01. The number of pyridine rings is 1. The third kappa shape index (κ3) is 3.46. The smallest absolute Gasteiger partial charge is 0.0758 e. The number of fused-ring (bicyclic) bond motifs is 1. The van der Waals surface area contributed by atoms with Gasteiger partial charge in [0.1, 0.15) is 0 Å². The maximum absolute atomic E-state index is 4.56. The van der Waals surface area contributed by atoms with Crippen molar-refractivity contribution < 1.29 is 0 Å². The summed E-state index contributed by atoms with van der Waals surface area (Å²) in [5.74, 6) is 0.841. The minimum Gasteiger partial charge on any atom is -0.310 e. The van der Waals surface area contributed by atoms with Crippen LogP contribution in [0.3, 0.4) is 0 Å². The zero-order valence-corrected chi connectivity index (χ0v) is 14.2. The van der Waals surface area contributed by atoms with Gasteiger partial charge in [0.15, 0.2) is 0 Å². The van der Waals surface area contributed by atoms with Crippen LogP contribution in [0.4, 0.5) is 0 Å². The molecule has 0 spiro atoms. The molecule has 1 atom stereocenters. The molecule has 112 valence electrons. The first kappa shape index (κ1) is 15.0. The molecule has 1 heterocycles. The lowest BCUT2D eigenvalue weighted by Gasteiger charge is -2.28. The first-order chi connectivity index (χ1) is 10.3. The Balaban J connectivity index is 1.72. The van der Waals surface area contributed by atoms with Crippen LogP contribution in [0.25, 0.3) is 10.9 Å². The van der Waals surface area contributed by atoms with Crippen molar-refractivity contribution in [1.29, 1.82) is 0 Å². The summed E-state index contributed by atoms with van der Waals surface area (Å²) >= 11 is 3.61. The molecular weight excluding hydrogens is 324 g/mol. The Hall–Kier alpha value is -0.930. The van der Waals surface area contributed by atoms with E-state index in [1.807, 2.05) is 12.3 Å². The average Bonchev–Trinajstić information content (AvgIpc) is 2.55. The fourth-order valence-corrected chi connectivity index (χ4v) is 3.86. The predicted molar refractivity (Wildman–Crippen MR) is 92.3 cm³/mol. The summed E-state index contributed by atoms with van der Waals surface area (Å²) in [5, 5.41) is 4.92. The van der Waals surface area contributed by atoms with E-state index in [2.05, 4.69) is 51.4 Å². The van der Waals surface area contributed by atoms with Crippen molar-refractivity contribution in [3.8, 4) is 0 Å². The van der Waals surface area contributed by atoms with Crippen LogP contribution >= 0.6 is 15.9 Å². The van der Waals surface area contributed by atoms with Gasteiger partial charge in [-0.05, 0) is 43.4 Å². The lowest BCUT2D eigenvalue weighted by molar-refractivity contribution is 0.281. The minimum absolute atomic E-state index is 0.590. The number of nitrogens with zero attached hydrogens (tertiary/aromatic N) is 1. The van der Waals surface area contributed by atoms with Crippen molar-refractivity contribution in [3.05, 3.63) is 40.5 Å². The molecule has 0 bridgehead atoms. The Labute approximate surface area is 135 Å². The van der Waals surface area contributed by atoms with Crippen molar-refractivity contribution in [1.82, 2.24) is 10.3 Å². The van der Waals surface area contributed by atoms with Crippen LogP contribution in [0.5, 0.6) is 0 Å². The standard InChI is InChI=1S/C18H23BrN2/c1-13(14-6-3-2-4-7-14)21-12-15-9-10-17(19)16-8-5-11-20-18(15)16/h5,8-11,13-14,21H,2-4,6-7,12H2,1H3/t13-/m0/s1. The minimum atomic E-state index is 0.590. The predicted octanol–water partition coefficient (Wildman–Crippen LogP) is 5.06. The number of halogens is 1. The zero-order valence-electron chi connectivity index (χ0n) is 12.6. The molecule has 2 aromatic rings. The Morgan fingerprint density at radius 1 is 1.24 bits per heavy atom. The summed E-state index contributed by atoms with van der Waals surface area (Å²) in [6.45, 7) is 3.24. The normalized spacial score (nSPS) is 18.0. The molecule has 1 aliphatic carbocycles. The Bertz CT molecular complexity index is 605. The fourth-order valence-electron chi connectivity index (χ4n) is 3.41. The molecule has 1 aliphatic rings. The maximum atomic E-state index is 4.56. The molecule has 3 heteroatoms. The summed E-state index contributed by atoms with van der Waals surface area (Å²) < 4.78 is 1.12. The molecule has 2 nitrogen and oxygen atoms in total. The van der Waals surface area contributed by atoms with Gasteiger partial charge >= 0.3 is 0 Å². The summed E-state index contributed by atoms with van der Waals surface area (Å²) in [6.07, 6.45) is 8.87. The van der Waals surface area contributed by atoms with E-state index in [0.29, 0.717) is 6.04 Å². The Morgan fingerprint density at radius 3 is 2.86 bits per heavy atom. The molecule has 3 rings (SSSR count). The molecule has 0 unspecified atom stereocenters. The molecule has 21 heavy (non-hydrogen) atoms. The van der Waals surface area contributed by atoms with E-state index in [1.54, 1.807) is 0 Å². The van der Waals surface area contributed by atoms with E-state index in [9.17, 15) is 0 Å². The third-order valence-electron chi connectivity index (χ3n) is 4.77. The van der Waals surface area contributed by atoms with E-state index in [4.69, 9.17) is 0 Å². The van der Waals surface area contributed by atoms with Gasteiger partial charge in [-0.25, -0.2) is 0 Å². The van der Waals surface area contributed by atoms with Crippen LogP contribution in [0.1, 0.15) is 44.6 Å². The second-order valence-corrected chi connectivity index (χ2v) is 7.03. The molecule has 1 aromatic carbocycles.